The molecule has 1 aromatic carbocycles. The zero-order valence-electron chi connectivity index (χ0n) is 14.6. The normalized spacial score (nSPS) is 12.3. The third kappa shape index (κ3) is 8.06. The first-order chi connectivity index (χ1) is 10.9. The van der Waals surface area contributed by atoms with Gasteiger partial charge in [-0.05, 0) is 64.7 Å². The van der Waals surface area contributed by atoms with Crippen LogP contribution in [0.15, 0.2) is 24.3 Å². The second-order valence-corrected chi connectivity index (χ2v) is 6.51. The van der Waals surface area contributed by atoms with Crippen LogP contribution in [-0.4, -0.2) is 28.7 Å². The second kappa shape index (κ2) is 10.2. The molecule has 0 saturated carbocycles. The Morgan fingerprint density at radius 3 is 2.22 bits per heavy atom. The molecule has 23 heavy (non-hydrogen) atoms. The van der Waals surface area contributed by atoms with Crippen LogP contribution >= 0.6 is 0 Å². The average molecular weight is 340 g/mol. The maximum atomic E-state index is 13.1. The fourth-order valence-corrected chi connectivity index (χ4v) is 2.70. The molecule has 0 aliphatic rings. The van der Waals surface area contributed by atoms with E-state index in [-0.39, 0.29) is 18.0 Å². The number of halogens is 1. The lowest BCUT2D eigenvalue weighted by Crippen LogP contribution is -2.42. The van der Waals surface area contributed by atoms with Crippen molar-refractivity contribution >= 4 is 10.5 Å². The Hall–Kier alpha value is -0.753. The van der Waals surface area contributed by atoms with E-state index in [1.165, 1.54) is 6.07 Å². The van der Waals surface area contributed by atoms with Crippen LogP contribution in [0.5, 0.6) is 0 Å². The number of hydrogen-bond acceptors (Lipinski definition) is 3. The van der Waals surface area contributed by atoms with Gasteiger partial charge >= 0.3 is 0 Å². The summed E-state index contributed by atoms with van der Waals surface area (Å²) < 4.78 is 30.2. The highest BCUT2D eigenvalue weighted by molar-refractivity contribution is 5.98. The number of benzene rings is 1. The summed E-state index contributed by atoms with van der Waals surface area (Å²) in [5, 5.41) is 0. The molecule has 0 spiro atoms. The monoisotopic (exact) mass is 339 g/mol. The van der Waals surface area contributed by atoms with Crippen molar-refractivity contribution in [1.29, 1.82) is 0 Å². The average Bonchev–Trinajstić information content (AvgIpc) is 2.45. The lowest BCUT2D eigenvalue weighted by molar-refractivity contribution is -0.369. The topological polar surface area (TPSA) is 27.7 Å². The molecule has 0 unspecified atom stereocenters. The van der Waals surface area contributed by atoms with Crippen molar-refractivity contribution in [2.75, 3.05) is 0 Å². The van der Waals surface area contributed by atoms with Crippen LogP contribution < -0.4 is 0 Å². The summed E-state index contributed by atoms with van der Waals surface area (Å²) in [4.78, 5) is 0. The highest BCUT2D eigenvalue weighted by Crippen LogP contribution is 2.26. The fourth-order valence-electron chi connectivity index (χ4n) is 2.50. The van der Waals surface area contributed by atoms with Crippen molar-refractivity contribution in [2.24, 2.45) is 0 Å². The molecule has 3 radical (unpaired) electrons. The lowest BCUT2D eigenvalue weighted by atomic mass is 10.1. The molecule has 0 saturated heterocycles. The zero-order valence-corrected chi connectivity index (χ0v) is 15.6. The van der Waals surface area contributed by atoms with Gasteiger partial charge in [-0.15, -0.1) is 0 Å². The number of aryl methyl sites for hydroxylation is 1. The summed E-state index contributed by atoms with van der Waals surface area (Å²) >= 11 is 0. The van der Waals surface area contributed by atoms with Gasteiger partial charge in [0.05, 0.1) is 12.2 Å². The van der Waals surface area contributed by atoms with Crippen molar-refractivity contribution in [2.45, 2.75) is 78.0 Å². The van der Waals surface area contributed by atoms with E-state index in [1.54, 1.807) is 12.1 Å². The first-order valence-corrected chi connectivity index (χ1v) is 8.72. The van der Waals surface area contributed by atoms with Gasteiger partial charge in [0.15, 0.2) is 0 Å². The Labute approximate surface area is 143 Å². The van der Waals surface area contributed by atoms with Gasteiger partial charge in [-0.25, -0.2) is 4.39 Å². The van der Waals surface area contributed by atoms with Crippen LogP contribution in [0.3, 0.4) is 0 Å². The van der Waals surface area contributed by atoms with Crippen LogP contribution in [-0.2, 0) is 20.3 Å². The highest BCUT2D eigenvalue weighted by Gasteiger charge is 2.33. The molecule has 0 bridgehead atoms. The van der Waals surface area contributed by atoms with E-state index in [9.17, 15) is 4.39 Å². The molecule has 0 amide bonds. The summed E-state index contributed by atoms with van der Waals surface area (Å²) in [6.07, 6.45) is 4.39. The lowest BCUT2D eigenvalue weighted by Gasteiger charge is -2.35. The first kappa shape index (κ1) is 20.3. The number of rotatable bonds is 11. The minimum atomic E-state index is -1.06. The molecule has 0 N–H and O–H groups in total. The van der Waals surface area contributed by atoms with E-state index in [0.29, 0.717) is 6.42 Å². The van der Waals surface area contributed by atoms with E-state index >= 15 is 0 Å². The fraction of sp³-hybridized carbons (Fsp3) is 0.667. The summed E-state index contributed by atoms with van der Waals surface area (Å²) in [6.45, 7) is 7.81. The summed E-state index contributed by atoms with van der Waals surface area (Å²) in [5.41, 5.74) is 1.03. The molecule has 5 heteroatoms. The molecule has 0 aromatic heterocycles. The van der Waals surface area contributed by atoms with Crippen LogP contribution in [0.2, 0.25) is 0 Å². The largest absolute Gasteiger partial charge is 0.371 e. The zero-order chi connectivity index (χ0) is 17.3. The molecular formula is C18H28FO3Si. The van der Waals surface area contributed by atoms with Crippen LogP contribution in [0.25, 0.3) is 0 Å². The summed E-state index contributed by atoms with van der Waals surface area (Å²) in [7, 11) is 3.11. The molecule has 0 fully saturated rings. The predicted octanol–water partition coefficient (Wildman–Crippen LogP) is 4.53. The Morgan fingerprint density at radius 2 is 1.70 bits per heavy atom. The molecule has 0 heterocycles. The molecule has 1 aromatic rings. The molecule has 3 nitrogen and oxygen atoms in total. The molecule has 1 rings (SSSR count). The maximum absolute atomic E-state index is 13.1. The van der Waals surface area contributed by atoms with Crippen molar-refractivity contribution < 1.29 is 18.3 Å². The SMILES string of the molecule is CC(C)OC(CCCCCc1cccc(F)c1)(O[Si])OC(C)C. The van der Waals surface area contributed by atoms with Crippen molar-refractivity contribution in [1.82, 2.24) is 0 Å². The minimum Gasteiger partial charge on any atom is -0.371 e. The van der Waals surface area contributed by atoms with Gasteiger partial charge in [-0.2, -0.15) is 0 Å². The molecular weight excluding hydrogens is 311 g/mol. The quantitative estimate of drug-likeness (QED) is 0.337. The Bertz CT molecular complexity index is 442. The van der Waals surface area contributed by atoms with Crippen molar-refractivity contribution in [3.63, 3.8) is 0 Å². The van der Waals surface area contributed by atoms with Gasteiger partial charge in [0.2, 0.25) is 0 Å². The van der Waals surface area contributed by atoms with Crippen LogP contribution in [0.4, 0.5) is 4.39 Å². The Morgan fingerprint density at radius 1 is 1.04 bits per heavy atom. The number of unbranched alkanes of at least 4 members (excludes halogenated alkanes) is 2. The van der Waals surface area contributed by atoms with E-state index < -0.39 is 5.97 Å². The van der Waals surface area contributed by atoms with Gasteiger partial charge in [0.1, 0.15) is 5.82 Å². The smallest absolute Gasteiger partial charge is 0.273 e. The van der Waals surface area contributed by atoms with Gasteiger partial charge in [0, 0.05) is 6.42 Å². The van der Waals surface area contributed by atoms with Crippen LogP contribution in [0.1, 0.15) is 58.9 Å². The van der Waals surface area contributed by atoms with Crippen molar-refractivity contribution in [3.05, 3.63) is 35.6 Å². The van der Waals surface area contributed by atoms with Gasteiger partial charge < -0.3 is 13.9 Å². The molecule has 0 atom stereocenters. The van der Waals surface area contributed by atoms with Gasteiger partial charge in [0.25, 0.3) is 16.5 Å². The molecule has 129 valence electrons. The van der Waals surface area contributed by atoms with Gasteiger partial charge in [-0.1, -0.05) is 18.6 Å². The summed E-state index contributed by atoms with van der Waals surface area (Å²) in [6, 6.07) is 6.77. The van der Waals surface area contributed by atoms with Crippen molar-refractivity contribution in [3.8, 4) is 0 Å². The molecule has 0 aliphatic carbocycles. The van der Waals surface area contributed by atoms with E-state index in [0.717, 1.165) is 31.2 Å². The van der Waals surface area contributed by atoms with E-state index in [1.807, 2.05) is 33.8 Å². The van der Waals surface area contributed by atoms with E-state index in [2.05, 4.69) is 10.5 Å². The predicted molar refractivity (Wildman–Crippen MR) is 90.6 cm³/mol. The Kier molecular flexibility index (Phi) is 8.98. The molecule has 0 aliphatic heterocycles. The standard InChI is InChI=1S/C18H28FO3Si/c1-14(2)20-18(22-23,21-15(3)4)12-7-5-6-9-16-10-8-11-17(19)13-16/h8,10-11,13-15H,5-7,9,12H2,1-4H3. The Balaban J connectivity index is 2.42. The third-order valence-electron chi connectivity index (χ3n) is 3.32. The van der Waals surface area contributed by atoms with E-state index in [4.69, 9.17) is 13.9 Å². The van der Waals surface area contributed by atoms with Crippen LogP contribution in [0, 0.1) is 5.82 Å². The van der Waals surface area contributed by atoms with Gasteiger partial charge in [-0.3, -0.25) is 0 Å². The first-order valence-electron chi connectivity index (χ1n) is 8.31. The maximum Gasteiger partial charge on any atom is 0.273 e. The summed E-state index contributed by atoms with van der Waals surface area (Å²) in [5.74, 6) is -1.23. The number of hydrogen-bond donors (Lipinski definition) is 0. The second-order valence-electron chi connectivity index (χ2n) is 6.31. The third-order valence-corrected chi connectivity index (χ3v) is 3.63. The highest BCUT2D eigenvalue weighted by atomic mass is 28.2. The minimum absolute atomic E-state index is 0.00241. The number of ether oxygens (including phenoxy) is 2.